The average molecular weight is 521 g/mol. The fourth-order valence-corrected chi connectivity index (χ4v) is 5.50. The number of hydrazone groups is 1. The van der Waals surface area contributed by atoms with Crippen LogP contribution in [0.3, 0.4) is 0 Å². The second-order valence-electron chi connectivity index (χ2n) is 9.67. The van der Waals surface area contributed by atoms with Gasteiger partial charge < -0.3 is 19.4 Å². The van der Waals surface area contributed by atoms with Crippen molar-refractivity contribution >= 4 is 45.0 Å². The predicted octanol–water partition coefficient (Wildman–Crippen LogP) is 6.14. The highest BCUT2D eigenvalue weighted by Gasteiger charge is 2.28. The summed E-state index contributed by atoms with van der Waals surface area (Å²) in [6.45, 7) is 4.81. The normalized spacial score (nSPS) is 14.1. The van der Waals surface area contributed by atoms with E-state index in [4.69, 9.17) is 4.42 Å². The molecule has 2 aromatic heterocycles. The molecule has 0 bridgehead atoms. The van der Waals surface area contributed by atoms with Crippen LogP contribution in [0, 0.1) is 6.92 Å². The van der Waals surface area contributed by atoms with Gasteiger partial charge in [0.25, 0.3) is 11.8 Å². The minimum absolute atomic E-state index is 0.115. The number of nitrogens with one attached hydrogen (secondary N) is 2. The molecule has 5 aromatic rings. The van der Waals surface area contributed by atoms with E-state index in [0.29, 0.717) is 35.6 Å². The maximum absolute atomic E-state index is 13.4. The molecular weight excluding hydrogens is 492 g/mol. The van der Waals surface area contributed by atoms with Crippen LogP contribution >= 0.6 is 0 Å². The molecule has 0 radical (unpaired) electrons. The van der Waals surface area contributed by atoms with Crippen molar-refractivity contribution in [1.82, 2.24) is 9.99 Å². The number of aromatic nitrogens is 1. The zero-order valence-corrected chi connectivity index (χ0v) is 21.7. The summed E-state index contributed by atoms with van der Waals surface area (Å²) < 4.78 is 8.30. The third kappa shape index (κ3) is 4.24. The molecule has 0 spiro atoms. The highest BCUT2D eigenvalue weighted by atomic mass is 16.4. The number of aryl methyl sites for hydroxylation is 2. The number of rotatable bonds is 5. The van der Waals surface area contributed by atoms with Crippen molar-refractivity contribution in [3.63, 3.8) is 0 Å². The number of hydrogen-bond donors (Lipinski definition) is 3. The summed E-state index contributed by atoms with van der Waals surface area (Å²) in [5.41, 5.74) is 7.73. The molecule has 3 aromatic carbocycles. The number of anilines is 1. The lowest BCUT2D eigenvalue weighted by molar-refractivity contribution is 0.0950. The van der Waals surface area contributed by atoms with E-state index in [2.05, 4.69) is 39.5 Å². The molecule has 2 heterocycles. The highest BCUT2D eigenvalue weighted by Crippen LogP contribution is 2.33. The summed E-state index contributed by atoms with van der Waals surface area (Å²) in [6, 6.07) is 20.5. The van der Waals surface area contributed by atoms with Crippen molar-refractivity contribution in [2.75, 3.05) is 5.32 Å². The predicted molar refractivity (Wildman–Crippen MR) is 152 cm³/mol. The molecule has 1 aliphatic carbocycles. The van der Waals surface area contributed by atoms with Crippen molar-refractivity contribution < 1.29 is 19.1 Å². The third-order valence-electron chi connectivity index (χ3n) is 7.32. The van der Waals surface area contributed by atoms with E-state index < -0.39 is 5.91 Å². The van der Waals surface area contributed by atoms with Crippen molar-refractivity contribution in [2.24, 2.45) is 5.10 Å². The van der Waals surface area contributed by atoms with Gasteiger partial charge in [-0.1, -0.05) is 30.3 Å². The van der Waals surface area contributed by atoms with Crippen LogP contribution in [0.1, 0.15) is 57.6 Å². The van der Waals surface area contributed by atoms with Gasteiger partial charge in [-0.05, 0) is 63.1 Å². The molecule has 0 saturated heterocycles. The molecule has 0 aliphatic heterocycles. The van der Waals surface area contributed by atoms with Gasteiger partial charge in [-0.15, -0.1) is 0 Å². The van der Waals surface area contributed by atoms with Crippen LogP contribution in [-0.2, 0) is 13.0 Å². The van der Waals surface area contributed by atoms with Gasteiger partial charge in [0.1, 0.15) is 11.5 Å². The van der Waals surface area contributed by atoms with Gasteiger partial charge in [0.15, 0.2) is 5.76 Å². The molecule has 0 unspecified atom stereocenters. The van der Waals surface area contributed by atoms with Gasteiger partial charge in [0.2, 0.25) is 0 Å². The summed E-state index contributed by atoms with van der Waals surface area (Å²) in [6.07, 6.45) is 2.09. The zero-order chi connectivity index (χ0) is 27.1. The molecule has 0 atom stereocenters. The summed E-state index contributed by atoms with van der Waals surface area (Å²) in [4.78, 5) is 25.9. The fourth-order valence-electron chi connectivity index (χ4n) is 5.50. The summed E-state index contributed by atoms with van der Waals surface area (Å²) >= 11 is 0. The minimum atomic E-state index is -0.508. The second-order valence-corrected chi connectivity index (χ2v) is 9.67. The Kier molecular flexibility index (Phi) is 6.15. The van der Waals surface area contributed by atoms with Crippen molar-refractivity contribution in [1.29, 1.82) is 0 Å². The molecule has 2 amide bonds. The second kappa shape index (κ2) is 9.79. The number of fused-ring (bicyclic) bond motifs is 4. The van der Waals surface area contributed by atoms with Crippen LogP contribution < -0.4 is 10.7 Å². The van der Waals surface area contributed by atoms with E-state index in [1.54, 1.807) is 12.1 Å². The number of carbonyl (C=O) groups excluding carboxylic acids is 2. The molecule has 0 saturated carbocycles. The molecule has 0 fully saturated rings. The van der Waals surface area contributed by atoms with Crippen LogP contribution in [0.25, 0.3) is 21.8 Å². The summed E-state index contributed by atoms with van der Waals surface area (Å²) in [7, 11) is 0. The Labute approximate surface area is 224 Å². The number of hydrogen-bond acceptors (Lipinski definition) is 5. The smallest absolute Gasteiger partial charge is 0.291 e. The monoisotopic (exact) mass is 520 g/mol. The first kappa shape index (κ1) is 24.5. The van der Waals surface area contributed by atoms with E-state index in [1.807, 2.05) is 37.3 Å². The molecule has 8 heteroatoms. The Hall–Kier alpha value is -4.85. The summed E-state index contributed by atoms with van der Waals surface area (Å²) in [5.74, 6) is -0.0428. The van der Waals surface area contributed by atoms with Gasteiger partial charge in [-0.25, -0.2) is 5.43 Å². The molecule has 3 N–H and O–H groups in total. The van der Waals surface area contributed by atoms with Crippen LogP contribution in [0.2, 0.25) is 0 Å². The van der Waals surface area contributed by atoms with Crippen LogP contribution in [0.4, 0.5) is 5.69 Å². The number of furan rings is 1. The van der Waals surface area contributed by atoms with E-state index in [-0.39, 0.29) is 23.0 Å². The largest absolute Gasteiger partial charge is 0.507 e. The number of phenolic OH excluding ortho intramolecular Hbond substituents is 1. The van der Waals surface area contributed by atoms with Crippen molar-refractivity contribution in [3.05, 3.63) is 94.9 Å². The van der Waals surface area contributed by atoms with Gasteiger partial charge in [0, 0.05) is 51.6 Å². The Morgan fingerprint density at radius 1 is 0.974 bits per heavy atom. The lowest BCUT2D eigenvalue weighted by atomic mass is 9.93. The fraction of sp³-hybridized carbons (Fsp3) is 0.194. The first-order chi connectivity index (χ1) is 19.0. The Morgan fingerprint density at radius 3 is 2.56 bits per heavy atom. The number of amides is 2. The standard InChI is InChI=1S/C31H28N4O4/c1-3-35-24-12-6-4-9-20(24)22-17-19(15-16-25(22)35)32-31(38)29-18(2)28-23(11-8-14-27(28)39-29)33-34-30(37)21-10-5-7-13-26(21)36/h4-7,9-10,12-13,15-17,36H,3,8,11,14H2,1-2H3,(H,32,38)(H,34,37)/b33-23+. The number of phenols is 1. The molecule has 1 aliphatic rings. The van der Waals surface area contributed by atoms with Crippen LogP contribution in [0.5, 0.6) is 5.75 Å². The number of carbonyl (C=O) groups is 2. The number of aromatic hydroxyl groups is 1. The SMILES string of the molecule is CCn1c2ccccc2c2cc(NC(=O)c3oc4c(c3C)/C(=N/NC(=O)c3ccccc3O)CCC4)ccc21. The molecule has 39 heavy (non-hydrogen) atoms. The van der Waals surface area contributed by atoms with E-state index >= 15 is 0 Å². The Morgan fingerprint density at radius 2 is 1.74 bits per heavy atom. The Balaban J connectivity index is 1.28. The van der Waals surface area contributed by atoms with E-state index in [9.17, 15) is 14.7 Å². The number of nitrogens with zero attached hydrogens (tertiary/aromatic N) is 2. The van der Waals surface area contributed by atoms with E-state index in [0.717, 1.165) is 40.3 Å². The summed E-state index contributed by atoms with van der Waals surface area (Å²) in [5, 5.41) is 19.5. The van der Waals surface area contributed by atoms with Gasteiger partial charge in [-0.2, -0.15) is 5.10 Å². The number of para-hydroxylation sites is 2. The lowest BCUT2D eigenvalue weighted by Crippen LogP contribution is -2.22. The highest BCUT2D eigenvalue weighted by molar-refractivity contribution is 6.12. The third-order valence-corrected chi connectivity index (χ3v) is 7.32. The molecule has 8 nitrogen and oxygen atoms in total. The number of benzene rings is 3. The van der Waals surface area contributed by atoms with Crippen LogP contribution in [-0.4, -0.2) is 27.2 Å². The molecular formula is C31H28N4O4. The van der Waals surface area contributed by atoms with Gasteiger partial charge in [-0.3, -0.25) is 9.59 Å². The van der Waals surface area contributed by atoms with Gasteiger partial charge >= 0.3 is 0 Å². The van der Waals surface area contributed by atoms with Crippen molar-refractivity contribution in [3.8, 4) is 5.75 Å². The van der Waals surface area contributed by atoms with Gasteiger partial charge in [0.05, 0.1) is 11.3 Å². The lowest BCUT2D eigenvalue weighted by Gasteiger charge is -2.13. The maximum Gasteiger partial charge on any atom is 0.291 e. The van der Waals surface area contributed by atoms with E-state index in [1.165, 1.54) is 12.1 Å². The minimum Gasteiger partial charge on any atom is -0.507 e. The first-order valence-electron chi connectivity index (χ1n) is 13.1. The first-order valence-corrected chi connectivity index (χ1v) is 13.1. The Bertz CT molecular complexity index is 1790. The van der Waals surface area contributed by atoms with Crippen molar-refractivity contribution in [2.45, 2.75) is 39.7 Å². The zero-order valence-electron chi connectivity index (χ0n) is 21.7. The topological polar surface area (TPSA) is 109 Å². The average Bonchev–Trinajstić information content (AvgIpc) is 3.46. The molecule has 6 rings (SSSR count). The quantitative estimate of drug-likeness (QED) is 0.242. The molecule has 196 valence electrons. The maximum atomic E-state index is 13.4. The van der Waals surface area contributed by atoms with Crippen LogP contribution in [0.15, 0.2) is 76.2 Å².